The Balaban J connectivity index is 1.42. The molecular weight excluding hydrogens is 424 g/mol. The molecule has 2 aliphatic heterocycles. The lowest BCUT2D eigenvalue weighted by Gasteiger charge is -2.34. The first kappa shape index (κ1) is 25.2. The highest BCUT2D eigenvalue weighted by molar-refractivity contribution is 5.90. The topological polar surface area (TPSA) is 64.7 Å². The highest BCUT2D eigenvalue weighted by Crippen LogP contribution is 2.34. The van der Waals surface area contributed by atoms with Crippen LogP contribution in [-0.2, 0) is 16.0 Å². The van der Waals surface area contributed by atoms with E-state index in [2.05, 4.69) is 50.8 Å². The van der Waals surface area contributed by atoms with E-state index < -0.39 is 6.04 Å². The largest absolute Gasteiger partial charge is 0.343 e. The van der Waals surface area contributed by atoms with Crippen LogP contribution in [-0.4, -0.2) is 73.0 Å². The van der Waals surface area contributed by atoms with E-state index in [-0.39, 0.29) is 23.9 Å². The van der Waals surface area contributed by atoms with Gasteiger partial charge in [0.25, 0.3) is 0 Å². The molecule has 0 radical (unpaired) electrons. The molecule has 6 nitrogen and oxygen atoms in total. The summed E-state index contributed by atoms with van der Waals surface area (Å²) in [6, 6.07) is 10.3. The third-order valence-corrected chi connectivity index (χ3v) is 8.51. The molecule has 2 saturated heterocycles. The molecule has 0 spiro atoms. The fourth-order valence-corrected chi connectivity index (χ4v) is 6.27. The van der Waals surface area contributed by atoms with Crippen LogP contribution in [0.1, 0.15) is 63.9 Å². The second kappa shape index (κ2) is 12.2. The lowest BCUT2D eigenvalue weighted by atomic mass is 9.95. The van der Waals surface area contributed by atoms with Gasteiger partial charge < -0.3 is 20.4 Å². The van der Waals surface area contributed by atoms with Crippen molar-refractivity contribution in [1.82, 2.24) is 20.4 Å². The molecule has 4 atom stereocenters. The van der Waals surface area contributed by atoms with E-state index >= 15 is 0 Å². The molecule has 3 aliphatic rings. The molecule has 0 bridgehead atoms. The molecule has 0 unspecified atom stereocenters. The molecule has 34 heavy (non-hydrogen) atoms. The predicted octanol–water partition coefficient (Wildman–Crippen LogP) is 3.22. The lowest BCUT2D eigenvalue weighted by molar-refractivity contribution is -0.138. The van der Waals surface area contributed by atoms with Crippen molar-refractivity contribution in [3.05, 3.63) is 35.9 Å². The van der Waals surface area contributed by atoms with Crippen molar-refractivity contribution in [2.75, 3.05) is 33.2 Å². The Labute approximate surface area is 205 Å². The van der Waals surface area contributed by atoms with Gasteiger partial charge in [-0.25, -0.2) is 0 Å². The number of carbonyl (C=O) groups excluding carboxylic acids is 2. The maximum absolute atomic E-state index is 13.9. The summed E-state index contributed by atoms with van der Waals surface area (Å²) in [5, 5.41) is 6.15. The number of benzene rings is 1. The Kier molecular flexibility index (Phi) is 9.01. The molecule has 2 heterocycles. The van der Waals surface area contributed by atoms with Crippen molar-refractivity contribution in [1.29, 1.82) is 0 Å². The summed E-state index contributed by atoms with van der Waals surface area (Å²) in [5.74, 6) is 1.22. The summed E-state index contributed by atoms with van der Waals surface area (Å²) in [4.78, 5) is 31.4. The number of fused-ring (bicyclic) bond motifs is 1. The molecule has 2 N–H and O–H groups in total. The van der Waals surface area contributed by atoms with Crippen LogP contribution < -0.4 is 10.6 Å². The van der Waals surface area contributed by atoms with E-state index in [0.717, 1.165) is 45.4 Å². The quantitative estimate of drug-likeness (QED) is 0.584. The van der Waals surface area contributed by atoms with Gasteiger partial charge in [-0.05, 0) is 70.0 Å². The Morgan fingerprint density at radius 2 is 1.79 bits per heavy atom. The number of nitrogens with zero attached hydrogens (tertiary/aromatic N) is 2. The van der Waals surface area contributed by atoms with Crippen molar-refractivity contribution in [2.45, 2.75) is 82.8 Å². The van der Waals surface area contributed by atoms with Crippen molar-refractivity contribution < 1.29 is 9.59 Å². The summed E-state index contributed by atoms with van der Waals surface area (Å²) < 4.78 is 0. The minimum atomic E-state index is -0.397. The lowest BCUT2D eigenvalue weighted by Crippen LogP contribution is -2.55. The fraction of sp³-hybridized carbons (Fsp3) is 0.714. The second-order valence-corrected chi connectivity index (χ2v) is 10.8. The standard InChI is InChI=1S/C28H44N4O2/c1-21(29-2)27(33)30-25(19-23-11-6-7-12-23)28(34)32-18-15-24-13-8-16-31(20-26(24)32)17-14-22-9-4-3-5-10-22/h3-5,9-10,21,23-26,29H,6-8,11-20H2,1-2H3,(H,30,33)/t21-,24+,25-,26+/m0/s1. The van der Waals surface area contributed by atoms with Gasteiger partial charge >= 0.3 is 0 Å². The first-order chi connectivity index (χ1) is 16.5. The zero-order chi connectivity index (χ0) is 23.9. The van der Waals surface area contributed by atoms with Crippen molar-refractivity contribution in [3.8, 4) is 0 Å². The Hall–Kier alpha value is -1.92. The van der Waals surface area contributed by atoms with Crippen LogP contribution in [0.2, 0.25) is 0 Å². The SMILES string of the molecule is CN[C@@H](C)C(=O)N[C@@H](CC1CCCC1)C(=O)N1CC[C@H]2CCCN(CCc3ccccc3)C[C@H]21. The maximum atomic E-state index is 13.9. The Morgan fingerprint density at radius 3 is 2.53 bits per heavy atom. The van der Waals surface area contributed by atoms with Crippen LogP contribution in [0.15, 0.2) is 30.3 Å². The number of hydrogen-bond donors (Lipinski definition) is 2. The third-order valence-electron chi connectivity index (χ3n) is 8.51. The summed E-state index contributed by atoms with van der Waals surface area (Å²) in [6.45, 7) is 5.80. The van der Waals surface area contributed by atoms with Gasteiger partial charge in [0.05, 0.1) is 6.04 Å². The van der Waals surface area contributed by atoms with Crippen molar-refractivity contribution in [3.63, 3.8) is 0 Å². The molecule has 1 aromatic carbocycles. The van der Waals surface area contributed by atoms with Crippen LogP contribution >= 0.6 is 0 Å². The van der Waals surface area contributed by atoms with Gasteiger partial charge in [0.2, 0.25) is 11.8 Å². The highest BCUT2D eigenvalue weighted by Gasteiger charge is 2.42. The van der Waals surface area contributed by atoms with Crippen molar-refractivity contribution >= 4 is 11.8 Å². The third kappa shape index (κ3) is 6.39. The first-order valence-corrected chi connectivity index (χ1v) is 13.6. The summed E-state index contributed by atoms with van der Waals surface area (Å²) in [5.41, 5.74) is 1.38. The van der Waals surface area contributed by atoms with Gasteiger partial charge in [-0.1, -0.05) is 56.0 Å². The molecule has 2 amide bonds. The molecule has 1 saturated carbocycles. The zero-order valence-electron chi connectivity index (χ0n) is 21.2. The van der Waals surface area contributed by atoms with Gasteiger partial charge in [0, 0.05) is 25.7 Å². The van der Waals surface area contributed by atoms with Crippen LogP contribution in [0.25, 0.3) is 0 Å². The molecule has 4 rings (SSSR count). The number of nitrogens with one attached hydrogen (secondary N) is 2. The average Bonchev–Trinajstić information content (AvgIpc) is 3.47. The second-order valence-electron chi connectivity index (χ2n) is 10.8. The van der Waals surface area contributed by atoms with Gasteiger partial charge in [0.15, 0.2) is 0 Å². The number of hydrogen-bond acceptors (Lipinski definition) is 4. The van der Waals surface area contributed by atoms with Crippen LogP contribution in [0, 0.1) is 11.8 Å². The van der Waals surface area contributed by atoms with E-state index in [9.17, 15) is 9.59 Å². The molecule has 3 fully saturated rings. The van der Waals surface area contributed by atoms with Crippen molar-refractivity contribution in [2.24, 2.45) is 11.8 Å². The smallest absolute Gasteiger partial charge is 0.245 e. The molecule has 6 heteroatoms. The van der Waals surface area contributed by atoms with Crippen LogP contribution in [0.4, 0.5) is 0 Å². The highest BCUT2D eigenvalue weighted by atomic mass is 16.2. The molecule has 0 aromatic heterocycles. The molecular formula is C28H44N4O2. The molecule has 188 valence electrons. The summed E-state index contributed by atoms with van der Waals surface area (Å²) >= 11 is 0. The maximum Gasteiger partial charge on any atom is 0.245 e. The summed E-state index contributed by atoms with van der Waals surface area (Å²) in [7, 11) is 1.79. The first-order valence-electron chi connectivity index (χ1n) is 13.6. The van der Waals surface area contributed by atoms with Gasteiger partial charge in [-0.2, -0.15) is 0 Å². The normalized spacial score (nSPS) is 25.5. The van der Waals surface area contributed by atoms with E-state index in [1.54, 1.807) is 7.05 Å². The molecule has 1 aromatic rings. The van der Waals surface area contributed by atoms with Crippen LogP contribution in [0.3, 0.4) is 0 Å². The van der Waals surface area contributed by atoms with E-state index in [0.29, 0.717) is 11.8 Å². The zero-order valence-corrected chi connectivity index (χ0v) is 21.2. The number of likely N-dealkylation sites (N-methyl/N-ethyl adjacent to an activating group) is 1. The Bertz CT molecular complexity index is 795. The minimum Gasteiger partial charge on any atom is -0.343 e. The number of amides is 2. The van der Waals surface area contributed by atoms with Gasteiger partial charge in [-0.3, -0.25) is 9.59 Å². The van der Waals surface area contributed by atoms with Gasteiger partial charge in [0.1, 0.15) is 6.04 Å². The van der Waals surface area contributed by atoms with Gasteiger partial charge in [-0.15, -0.1) is 0 Å². The Morgan fingerprint density at radius 1 is 1.03 bits per heavy atom. The number of rotatable bonds is 9. The van der Waals surface area contributed by atoms with E-state index in [1.165, 1.54) is 44.1 Å². The summed E-state index contributed by atoms with van der Waals surface area (Å²) in [6.07, 6.45) is 10.2. The van der Waals surface area contributed by atoms with E-state index in [1.807, 2.05) is 6.92 Å². The van der Waals surface area contributed by atoms with Crippen LogP contribution in [0.5, 0.6) is 0 Å². The predicted molar refractivity (Wildman–Crippen MR) is 136 cm³/mol. The minimum absolute atomic E-state index is 0.0695. The van der Waals surface area contributed by atoms with E-state index in [4.69, 9.17) is 0 Å². The monoisotopic (exact) mass is 468 g/mol. The fourth-order valence-electron chi connectivity index (χ4n) is 6.27. The average molecular weight is 469 g/mol. The molecule has 1 aliphatic carbocycles. The number of carbonyl (C=O) groups is 2. The number of likely N-dealkylation sites (tertiary alicyclic amines) is 2.